The van der Waals surface area contributed by atoms with E-state index in [0.717, 1.165) is 17.8 Å². The maximum atomic E-state index is 13.5. The maximum Gasteiger partial charge on any atom is 0.318 e. The van der Waals surface area contributed by atoms with E-state index in [1.165, 1.54) is 0 Å². The maximum absolute atomic E-state index is 13.5. The average molecular weight is 445 g/mol. The van der Waals surface area contributed by atoms with Gasteiger partial charge in [-0.2, -0.15) is 0 Å². The second-order valence-electron chi connectivity index (χ2n) is 9.63. The zero-order chi connectivity index (χ0) is 22.8. The van der Waals surface area contributed by atoms with Crippen molar-refractivity contribution in [3.8, 4) is 0 Å². The second-order valence-corrected chi connectivity index (χ2v) is 10.1. The minimum Gasteiger partial charge on any atom is -0.348 e. The fourth-order valence-electron chi connectivity index (χ4n) is 3.99. The summed E-state index contributed by atoms with van der Waals surface area (Å²) in [6, 6.07) is 11.2. The van der Waals surface area contributed by atoms with Crippen molar-refractivity contribution in [1.82, 2.24) is 19.7 Å². The number of hydrogen-bond donors (Lipinski definition) is 1. The number of urea groups is 1. The van der Waals surface area contributed by atoms with Crippen LogP contribution in [0, 0.1) is 5.92 Å². The van der Waals surface area contributed by atoms with Crippen molar-refractivity contribution in [2.24, 2.45) is 5.92 Å². The van der Waals surface area contributed by atoms with Crippen LogP contribution in [0.5, 0.6) is 0 Å². The number of benzene rings is 1. The number of carbonyl (C=O) groups is 2. The van der Waals surface area contributed by atoms with Crippen molar-refractivity contribution in [3.63, 3.8) is 0 Å². The van der Waals surface area contributed by atoms with Gasteiger partial charge in [0.1, 0.15) is 6.54 Å². The van der Waals surface area contributed by atoms with Crippen LogP contribution < -0.4 is 5.32 Å². The summed E-state index contributed by atoms with van der Waals surface area (Å²) in [5, 5.41) is 3.63. The number of carbonyl (C=O) groups excluding carboxylic acids is 2. The molecule has 0 fully saturated rings. The van der Waals surface area contributed by atoms with Crippen molar-refractivity contribution in [1.29, 1.82) is 0 Å². The predicted octanol–water partition coefficient (Wildman–Crippen LogP) is 4.54. The van der Waals surface area contributed by atoms with Crippen molar-refractivity contribution in [3.05, 3.63) is 58.9 Å². The van der Waals surface area contributed by atoms with Crippen molar-refractivity contribution in [2.75, 3.05) is 19.6 Å². The Balaban J connectivity index is 1.87. The van der Waals surface area contributed by atoms with Crippen LogP contribution in [0.4, 0.5) is 4.79 Å². The van der Waals surface area contributed by atoms with Gasteiger partial charge in [0.15, 0.2) is 0 Å². The molecule has 2 aromatic rings. The number of rotatable bonds is 5. The highest BCUT2D eigenvalue weighted by Gasteiger charge is 2.34. The number of nitrogens with zero attached hydrogens (tertiary/aromatic N) is 3. The Morgan fingerprint density at radius 1 is 1.19 bits per heavy atom. The molecule has 1 aliphatic heterocycles. The van der Waals surface area contributed by atoms with Gasteiger partial charge in [-0.1, -0.05) is 37.6 Å². The van der Waals surface area contributed by atoms with Crippen LogP contribution in [0.1, 0.15) is 51.9 Å². The third-order valence-corrected chi connectivity index (χ3v) is 5.44. The molecular formula is C24H33ClN4O2. The van der Waals surface area contributed by atoms with Gasteiger partial charge in [0.05, 0.1) is 6.04 Å². The Labute approximate surface area is 190 Å². The molecule has 168 valence electrons. The summed E-state index contributed by atoms with van der Waals surface area (Å²) in [6.07, 6.45) is 2.04. The van der Waals surface area contributed by atoms with Gasteiger partial charge in [-0.05, 0) is 56.5 Å². The largest absolute Gasteiger partial charge is 0.348 e. The van der Waals surface area contributed by atoms with Crippen LogP contribution >= 0.6 is 11.6 Å². The molecule has 0 spiro atoms. The summed E-state index contributed by atoms with van der Waals surface area (Å²) in [6.45, 7) is 11.8. The van der Waals surface area contributed by atoms with E-state index < -0.39 is 0 Å². The van der Waals surface area contributed by atoms with Gasteiger partial charge in [0, 0.05) is 42.1 Å². The van der Waals surface area contributed by atoms with E-state index >= 15 is 0 Å². The van der Waals surface area contributed by atoms with Gasteiger partial charge in [0.2, 0.25) is 5.91 Å². The van der Waals surface area contributed by atoms with Crippen LogP contribution in [-0.2, 0) is 11.3 Å². The highest BCUT2D eigenvalue weighted by Crippen LogP contribution is 2.33. The Kier molecular flexibility index (Phi) is 6.99. The standard InChI is InChI=1S/C24H33ClN4O2/c1-17(2)15-28(23(31)26-24(3,4)5)16-21(30)29-13-12-27-11-7-10-20(27)22(29)18-8-6-9-19(25)14-18/h6-11,14,17,22H,12-13,15-16H2,1-5H3,(H,26,31)/t22-/m0/s1. The molecular weight excluding hydrogens is 412 g/mol. The van der Waals surface area contributed by atoms with Crippen LogP contribution in [0.25, 0.3) is 0 Å². The van der Waals surface area contributed by atoms with Gasteiger partial charge >= 0.3 is 6.03 Å². The molecule has 1 aromatic carbocycles. The third-order valence-electron chi connectivity index (χ3n) is 5.20. The predicted molar refractivity (Wildman–Crippen MR) is 124 cm³/mol. The van der Waals surface area contributed by atoms with E-state index in [1.807, 2.05) is 82.1 Å². The van der Waals surface area contributed by atoms with E-state index in [-0.39, 0.29) is 36.0 Å². The molecule has 1 atom stereocenters. The van der Waals surface area contributed by atoms with Gasteiger partial charge in [0.25, 0.3) is 0 Å². The molecule has 31 heavy (non-hydrogen) atoms. The quantitative estimate of drug-likeness (QED) is 0.736. The average Bonchev–Trinajstić information content (AvgIpc) is 3.13. The molecule has 0 unspecified atom stereocenters. The van der Waals surface area contributed by atoms with Gasteiger partial charge in [-0.25, -0.2) is 4.79 Å². The van der Waals surface area contributed by atoms with Crippen molar-refractivity contribution >= 4 is 23.5 Å². The van der Waals surface area contributed by atoms with E-state index in [9.17, 15) is 9.59 Å². The van der Waals surface area contributed by atoms with Gasteiger partial charge < -0.3 is 19.7 Å². The molecule has 2 heterocycles. The van der Waals surface area contributed by atoms with Crippen LogP contribution in [0.15, 0.2) is 42.6 Å². The number of hydrogen-bond acceptors (Lipinski definition) is 2. The van der Waals surface area contributed by atoms with E-state index in [2.05, 4.69) is 9.88 Å². The number of nitrogens with one attached hydrogen (secondary N) is 1. The fraction of sp³-hybridized carbons (Fsp3) is 0.500. The molecule has 0 saturated carbocycles. The molecule has 1 N–H and O–H groups in total. The SMILES string of the molecule is CC(C)CN(CC(=O)N1CCn2cccc2[C@@H]1c1cccc(Cl)c1)C(=O)NC(C)(C)C. The molecule has 6 nitrogen and oxygen atoms in total. The fourth-order valence-corrected chi connectivity index (χ4v) is 4.19. The van der Waals surface area contributed by atoms with Crippen molar-refractivity contribution < 1.29 is 9.59 Å². The molecule has 0 saturated heterocycles. The Bertz CT molecular complexity index is 932. The number of halogens is 1. The highest BCUT2D eigenvalue weighted by atomic mass is 35.5. The Morgan fingerprint density at radius 3 is 2.58 bits per heavy atom. The lowest BCUT2D eigenvalue weighted by molar-refractivity contribution is -0.134. The van der Waals surface area contributed by atoms with Crippen LogP contribution in [0.2, 0.25) is 5.02 Å². The molecule has 3 rings (SSSR count). The zero-order valence-corrected chi connectivity index (χ0v) is 19.8. The number of fused-ring (bicyclic) bond motifs is 1. The molecule has 3 amide bonds. The normalized spacial score (nSPS) is 16.2. The Hall–Kier alpha value is -2.47. The lowest BCUT2D eigenvalue weighted by Crippen LogP contribution is -2.53. The monoisotopic (exact) mass is 444 g/mol. The molecule has 7 heteroatoms. The second kappa shape index (κ2) is 9.35. The zero-order valence-electron chi connectivity index (χ0n) is 19.1. The van der Waals surface area contributed by atoms with Crippen LogP contribution in [-0.4, -0.2) is 51.5 Å². The van der Waals surface area contributed by atoms with E-state index in [0.29, 0.717) is 18.1 Å². The molecule has 0 radical (unpaired) electrons. The first kappa shape index (κ1) is 23.2. The summed E-state index contributed by atoms with van der Waals surface area (Å²) in [5.41, 5.74) is 1.65. The highest BCUT2D eigenvalue weighted by molar-refractivity contribution is 6.30. The third kappa shape index (κ3) is 5.82. The molecule has 1 aromatic heterocycles. The number of aromatic nitrogens is 1. The number of amides is 3. The first-order valence-electron chi connectivity index (χ1n) is 10.8. The van der Waals surface area contributed by atoms with Crippen molar-refractivity contribution in [2.45, 2.75) is 52.7 Å². The van der Waals surface area contributed by atoms with E-state index in [1.54, 1.807) is 4.90 Å². The summed E-state index contributed by atoms with van der Waals surface area (Å²) in [4.78, 5) is 29.9. The minimum atomic E-state index is -0.370. The summed E-state index contributed by atoms with van der Waals surface area (Å²) in [5.74, 6) is 0.183. The smallest absolute Gasteiger partial charge is 0.318 e. The minimum absolute atomic E-state index is 0.0396. The lowest BCUT2D eigenvalue weighted by Gasteiger charge is -2.39. The summed E-state index contributed by atoms with van der Waals surface area (Å²) >= 11 is 6.27. The first-order chi connectivity index (χ1) is 14.5. The van der Waals surface area contributed by atoms with Gasteiger partial charge in [-0.15, -0.1) is 0 Å². The molecule has 0 aliphatic carbocycles. The summed E-state index contributed by atoms with van der Waals surface area (Å²) in [7, 11) is 0. The molecule has 1 aliphatic rings. The van der Waals surface area contributed by atoms with E-state index in [4.69, 9.17) is 11.6 Å². The molecule has 0 bridgehead atoms. The van der Waals surface area contributed by atoms with Crippen LogP contribution in [0.3, 0.4) is 0 Å². The van der Waals surface area contributed by atoms with Gasteiger partial charge in [-0.3, -0.25) is 4.79 Å². The topological polar surface area (TPSA) is 57.6 Å². The Morgan fingerprint density at radius 2 is 1.94 bits per heavy atom. The summed E-state index contributed by atoms with van der Waals surface area (Å²) < 4.78 is 2.17. The lowest BCUT2D eigenvalue weighted by atomic mass is 9.99. The first-order valence-corrected chi connectivity index (χ1v) is 11.2.